The second kappa shape index (κ2) is 4.78. The van der Waals surface area contributed by atoms with Crippen molar-refractivity contribution in [2.45, 2.75) is 13.3 Å². The van der Waals surface area contributed by atoms with Crippen LogP contribution in [0.25, 0.3) is 10.9 Å². The number of hydrogen-bond donors (Lipinski definition) is 1. The van der Waals surface area contributed by atoms with Gasteiger partial charge in [0.1, 0.15) is 0 Å². The molecule has 19 heavy (non-hydrogen) atoms. The van der Waals surface area contributed by atoms with Crippen LogP contribution in [0.4, 0.5) is 10.1 Å². The van der Waals surface area contributed by atoms with Gasteiger partial charge >= 0.3 is 0 Å². The molecule has 0 spiro atoms. The fourth-order valence-electron chi connectivity index (χ4n) is 2.83. The van der Waals surface area contributed by atoms with Crippen molar-refractivity contribution in [1.82, 2.24) is 4.98 Å². The van der Waals surface area contributed by atoms with E-state index >= 15 is 0 Å². The molecule has 1 saturated heterocycles. The van der Waals surface area contributed by atoms with E-state index in [9.17, 15) is 4.39 Å². The molecule has 1 atom stereocenters. The summed E-state index contributed by atoms with van der Waals surface area (Å²) >= 11 is 0. The first-order chi connectivity index (χ1) is 9.19. The predicted molar refractivity (Wildman–Crippen MR) is 75.8 cm³/mol. The SMILES string of the molecule is Cc1ccc(N2CCC(CN)C2)c2ccc(F)nc12. The third-order valence-electron chi connectivity index (χ3n) is 3.96. The molecule has 2 N–H and O–H groups in total. The van der Waals surface area contributed by atoms with E-state index in [2.05, 4.69) is 16.0 Å². The summed E-state index contributed by atoms with van der Waals surface area (Å²) in [4.78, 5) is 6.36. The Hall–Kier alpha value is -1.68. The first-order valence-corrected chi connectivity index (χ1v) is 6.70. The molecule has 1 aliphatic rings. The van der Waals surface area contributed by atoms with E-state index in [-0.39, 0.29) is 0 Å². The third kappa shape index (κ3) is 2.16. The number of aryl methyl sites for hydroxylation is 1. The third-order valence-corrected chi connectivity index (χ3v) is 3.96. The van der Waals surface area contributed by atoms with Gasteiger partial charge in [-0.2, -0.15) is 4.39 Å². The second-order valence-corrected chi connectivity index (χ2v) is 5.27. The molecule has 0 radical (unpaired) electrons. The lowest BCUT2D eigenvalue weighted by atomic mass is 10.1. The van der Waals surface area contributed by atoms with Gasteiger partial charge in [0, 0.05) is 24.2 Å². The topological polar surface area (TPSA) is 42.1 Å². The molecule has 1 unspecified atom stereocenters. The number of anilines is 1. The Morgan fingerprint density at radius 3 is 2.95 bits per heavy atom. The van der Waals surface area contributed by atoms with E-state index in [0.29, 0.717) is 5.92 Å². The first kappa shape index (κ1) is 12.4. The van der Waals surface area contributed by atoms with Crippen LogP contribution in [-0.4, -0.2) is 24.6 Å². The fraction of sp³-hybridized carbons (Fsp3) is 0.400. The van der Waals surface area contributed by atoms with Gasteiger partial charge in [0.05, 0.1) is 5.52 Å². The maximum absolute atomic E-state index is 13.3. The van der Waals surface area contributed by atoms with Crippen molar-refractivity contribution in [1.29, 1.82) is 0 Å². The molecule has 2 aromatic rings. The molecule has 1 fully saturated rings. The summed E-state index contributed by atoms with van der Waals surface area (Å²) in [6.45, 7) is 4.68. The molecule has 0 saturated carbocycles. The van der Waals surface area contributed by atoms with Gasteiger partial charge in [-0.1, -0.05) is 6.07 Å². The molecule has 2 heterocycles. The minimum Gasteiger partial charge on any atom is -0.371 e. The fourth-order valence-corrected chi connectivity index (χ4v) is 2.83. The minimum absolute atomic E-state index is 0.422. The Bertz CT molecular complexity index is 612. The van der Waals surface area contributed by atoms with Crippen molar-refractivity contribution >= 4 is 16.6 Å². The Kier molecular flexibility index (Phi) is 3.11. The molecule has 4 heteroatoms. The van der Waals surface area contributed by atoms with E-state index in [1.54, 1.807) is 0 Å². The van der Waals surface area contributed by atoms with E-state index < -0.39 is 5.95 Å². The molecule has 3 nitrogen and oxygen atoms in total. The van der Waals surface area contributed by atoms with Crippen molar-refractivity contribution in [3.05, 3.63) is 35.8 Å². The summed E-state index contributed by atoms with van der Waals surface area (Å²) in [7, 11) is 0. The largest absolute Gasteiger partial charge is 0.371 e. The van der Waals surface area contributed by atoms with Gasteiger partial charge < -0.3 is 10.6 Å². The van der Waals surface area contributed by atoms with Crippen LogP contribution in [0.3, 0.4) is 0 Å². The highest BCUT2D eigenvalue weighted by atomic mass is 19.1. The normalized spacial score (nSPS) is 19.3. The summed E-state index contributed by atoms with van der Waals surface area (Å²) in [6.07, 6.45) is 1.13. The number of aromatic nitrogens is 1. The molecule has 100 valence electrons. The highest BCUT2D eigenvalue weighted by molar-refractivity contribution is 5.93. The van der Waals surface area contributed by atoms with Crippen molar-refractivity contribution in [3.63, 3.8) is 0 Å². The van der Waals surface area contributed by atoms with Crippen LogP contribution in [-0.2, 0) is 0 Å². The van der Waals surface area contributed by atoms with Crippen LogP contribution in [0.2, 0.25) is 0 Å². The lowest BCUT2D eigenvalue weighted by Gasteiger charge is -2.21. The Labute approximate surface area is 112 Å². The van der Waals surface area contributed by atoms with Gasteiger partial charge in [0.25, 0.3) is 0 Å². The van der Waals surface area contributed by atoms with Crippen molar-refractivity contribution in [2.75, 3.05) is 24.5 Å². The lowest BCUT2D eigenvalue weighted by Crippen LogP contribution is -2.22. The predicted octanol–water partition coefficient (Wildman–Crippen LogP) is 2.47. The molecular weight excluding hydrogens is 241 g/mol. The first-order valence-electron chi connectivity index (χ1n) is 6.70. The van der Waals surface area contributed by atoms with Gasteiger partial charge in [0.2, 0.25) is 5.95 Å². The molecule has 0 amide bonds. The number of benzene rings is 1. The summed E-state index contributed by atoms with van der Waals surface area (Å²) < 4.78 is 13.3. The Morgan fingerprint density at radius 1 is 1.37 bits per heavy atom. The molecule has 1 aromatic carbocycles. The van der Waals surface area contributed by atoms with E-state index in [4.69, 9.17) is 5.73 Å². The molecule has 1 aromatic heterocycles. The Balaban J connectivity index is 2.07. The summed E-state index contributed by atoms with van der Waals surface area (Å²) in [5, 5.41) is 1.03. The van der Waals surface area contributed by atoms with Crippen molar-refractivity contribution in [3.8, 4) is 0 Å². The standard InChI is InChI=1S/C15H18FN3/c1-10-2-4-13(19-7-6-11(8-17)9-19)12-3-5-14(16)18-15(10)12/h2-5,11H,6-9,17H2,1H3. The zero-order valence-corrected chi connectivity index (χ0v) is 11.1. The highest BCUT2D eigenvalue weighted by Crippen LogP contribution is 2.31. The van der Waals surface area contributed by atoms with Crippen LogP contribution in [0, 0.1) is 18.8 Å². The summed E-state index contributed by atoms with van der Waals surface area (Å²) in [6, 6.07) is 7.38. The van der Waals surface area contributed by atoms with Gasteiger partial charge in [-0.05, 0) is 49.6 Å². The molecule has 0 bridgehead atoms. The quantitative estimate of drug-likeness (QED) is 0.842. The van der Waals surface area contributed by atoms with E-state index in [1.165, 1.54) is 6.07 Å². The smallest absolute Gasteiger partial charge is 0.213 e. The van der Waals surface area contributed by atoms with Crippen LogP contribution in [0.15, 0.2) is 24.3 Å². The van der Waals surface area contributed by atoms with E-state index in [0.717, 1.165) is 48.2 Å². The molecule has 3 rings (SSSR count). The van der Waals surface area contributed by atoms with Crippen molar-refractivity contribution in [2.24, 2.45) is 11.7 Å². The number of rotatable bonds is 2. The highest BCUT2D eigenvalue weighted by Gasteiger charge is 2.23. The van der Waals surface area contributed by atoms with Crippen molar-refractivity contribution < 1.29 is 4.39 Å². The summed E-state index contributed by atoms with van der Waals surface area (Å²) in [5.74, 6) is 0.138. The average Bonchev–Trinajstić information content (AvgIpc) is 2.88. The molecular formula is C15H18FN3. The maximum atomic E-state index is 13.3. The zero-order chi connectivity index (χ0) is 13.4. The lowest BCUT2D eigenvalue weighted by molar-refractivity contribution is 0.589. The molecule has 0 aliphatic carbocycles. The number of fused-ring (bicyclic) bond motifs is 1. The second-order valence-electron chi connectivity index (χ2n) is 5.27. The van der Waals surface area contributed by atoms with Crippen LogP contribution in [0.5, 0.6) is 0 Å². The van der Waals surface area contributed by atoms with Crippen LogP contribution >= 0.6 is 0 Å². The van der Waals surface area contributed by atoms with Gasteiger partial charge in [-0.25, -0.2) is 4.98 Å². The zero-order valence-electron chi connectivity index (χ0n) is 11.1. The Morgan fingerprint density at radius 2 is 2.21 bits per heavy atom. The monoisotopic (exact) mass is 259 g/mol. The molecule has 1 aliphatic heterocycles. The number of pyridine rings is 1. The van der Waals surface area contributed by atoms with Gasteiger partial charge in [-0.15, -0.1) is 0 Å². The number of nitrogens with two attached hydrogens (primary N) is 1. The van der Waals surface area contributed by atoms with Gasteiger partial charge in [-0.3, -0.25) is 0 Å². The number of nitrogens with zero attached hydrogens (tertiary/aromatic N) is 2. The van der Waals surface area contributed by atoms with Crippen LogP contribution in [0.1, 0.15) is 12.0 Å². The number of halogens is 1. The number of hydrogen-bond acceptors (Lipinski definition) is 3. The van der Waals surface area contributed by atoms with E-state index in [1.807, 2.05) is 19.1 Å². The van der Waals surface area contributed by atoms with Crippen LogP contribution < -0.4 is 10.6 Å². The average molecular weight is 259 g/mol. The minimum atomic E-state index is -0.422. The summed E-state index contributed by atoms with van der Waals surface area (Å²) in [5.41, 5.74) is 8.65. The maximum Gasteiger partial charge on any atom is 0.213 e. The van der Waals surface area contributed by atoms with Gasteiger partial charge in [0.15, 0.2) is 0 Å².